The lowest BCUT2D eigenvalue weighted by molar-refractivity contribution is -0.154. The highest BCUT2D eigenvalue weighted by atomic mass is 16.5. The van der Waals surface area contributed by atoms with Gasteiger partial charge < -0.3 is 20.1 Å². The first-order chi connectivity index (χ1) is 17.5. The molecule has 5 nitrogen and oxygen atoms in total. The first kappa shape index (κ1) is 28.3. The summed E-state index contributed by atoms with van der Waals surface area (Å²) < 4.78 is 5.47. The van der Waals surface area contributed by atoms with Crippen LogP contribution < -0.4 is 0 Å². The lowest BCUT2D eigenvalue weighted by Crippen LogP contribution is -2.36. The summed E-state index contributed by atoms with van der Waals surface area (Å²) in [6.45, 7) is 13.2. The van der Waals surface area contributed by atoms with Crippen molar-refractivity contribution in [3.8, 4) is 0 Å². The smallest absolute Gasteiger partial charge is 0.315 e. The number of esters is 1. The van der Waals surface area contributed by atoms with Gasteiger partial charge in [-0.05, 0) is 91.6 Å². The van der Waals surface area contributed by atoms with E-state index in [0.717, 1.165) is 36.8 Å². The normalized spacial score (nSPS) is 37.2. The molecule has 5 heteroatoms. The molecule has 0 bridgehead atoms. The second-order valence-corrected chi connectivity index (χ2v) is 13.0. The number of carbonyl (C=O) groups is 1. The van der Waals surface area contributed by atoms with Crippen LogP contribution in [0.25, 0.3) is 0 Å². The number of hydrogen-bond acceptors (Lipinski definition) is 5. The molecule has 206 valence electrons. The molecular formula is C32H48O5. The van der Waals surface area contributed by atoms with Crippen molar-refractivity contribution >= 4 is 5.97 Å². The van der Waals surface area contributed by atoms with Crippen molar-refractivity contribution in [3.63, 3.8) is 0 Å². The van der Waals surface area contributed by atoms with E-state index in [-0.39, 0.29) is 17.3 Å². The van der Waals surface area contributed by atoms with Crippen LogP contribution in [0.5, 0.6) is 0 Å². The van der Waals surface area contributed by atoms with E-state index < -0.39 is 23.7 Å². The third-order valence-corrected chi connectivity index (χ3v) is 9.84. The molecule has 0 radical (unpaired) electrons. The van der Waals surface area contributed by atoms with Crippen LogP contribution in [-0.4, -0.2) is 46.2 Å². The molecule has 0 amide bonds. The van der Waals surface area contributed by atoms with Crippen LogP contribution >= 0.6 is 0 Å². The summed E-state index contributed by atoms with van der Waals surface area (Å²) >= 11 is 0. The summed E-state index contributed by atoms with van der Waals surface area (Å²) in [7, 11) is 0. The van der Waals surface area contributed by atoms with Crippen molar-refractivity contribution in [1.82, 2.24) is 0 Å². The average Bonchev–Trinajstić information content (AvgIpc) is 3.58. The number of rotatable bonds is 8. The second kappa shape index (κ2) is 11.2. The highest BCUT2D eigenvalue weighted by Gasteiger charge is 2.56. The summed E-state index contributed by atoms with van der Waals surface area (Å²) in [5.41, 5.74) is 2.64. The highest BCUT2D eigenvalue weighted by molar-refractivity contribution is 5.81. The zero-order valence-corrected chi connectivity index (χ0v) is 23.3. The van der Waals surface area contributed by atoms with Gasteiger partial charge in [-0.1, -0.05) is 64.2 Å². The van der Waals surface area contributed by atoms with E-state index in [1.807, 2.05) is 19.9 Å². The molecule has 4 rings (SSSR count). The molecule has 0 aromatic heterocycles. The molecule has 4 saturated carbocycles. The summed E-state index contributed by atoms with van der Waals surface area (Å²) in [6.07, 6.45) is 14.5. The minimum absolute atomic E-state index is 0.202. The van der Waals surface area contributed by atoms with E-state index in [9.17, 15) is 20.1 Å². The van der Waals surface area contributed by atoms with Gasteiger partial charge in [0.1, 0.15) is 0 Å². The topological polar surface area (TPSA) is 87.0 Å². The molecule has 0 aromatic carbocycles. The Labute approximate surface area is 223 Å². The third-order valence-electron chi connectivity index (χ3n) is 9.84. The molecule has 0 spiro atoms. The Hall–Kier alpha value is -1.69. The van der Waals surface area contributed by atoms with E-state index in [1.165, 1.54) is 12.0 Å². The third kappa shape index (κ3) is 5.84. The maximum Gasteiger partial charge on any atom is 0.315 e. The fourth-order valence-electron chi connectivity index (χ4n) is 7.35. The number of hydrogen-bond donors (Lipinski definition) is 3. The minimum atomic E-state index is -0.789. The standard InChI is InChI=1S/C32H48O5/c1-20(2)19-37-30(36)32(15-16-32)29(35)13-8-21(3)26-11-12-27-23(7-6-14-31(26,27)5)9-10-24-17-25(33)18-28(34)22(24)4/h8-10,13,20-21,25-29,33-35H,4,6-7,11-12,14-19H2,1-3,5H3/t21-,25-,26-,27+,28+,29-,31-/m1/s1. The van der Waals surface area contributed by atoms with Crippen molar-refractivity contribution in [2.24, 2.45) is 34.5 Å². The average molecular weight is 513 g/mol. The molecule has 7 atom stereocenters. The summed E-state index contributed by atoms with van der Waals surface area (Å²) in [5, 5.41) is 31.2. The maximum atomic E-state index is 12.6. The van der Waals surface area contributed by atoms with Gasteiger partial charge in [0.05, 0.1) is 30.3 Å². The van der Waals surface area contributed by atoms with Gasteiger partial charge in [-0.2, -0.15) is 0 Å². The summed E-state index contributed by atoms with van der Waals surface area (Å²) in [4.78, 5) is 12.6. The van der Waals surface area contributed by atoms with Crippen LogP contribution in [0.15, 0.2) is 47.6 Å². The van der Waals surface area contributed by atoms with Crippen molar-refractivity contribution < 1.29 is 24.9 Å². The molecule has 3 N–H and O–H groups in total. The monoisotopic (exact) mass is 512 g/mol. The van der Waals surface area contributed by atoms with E-state index in [4.69, 9.17) is 4.74 Å². The molecule has 0 aromatic rings. The Kier molecular flexibility index (Phi) is 8.57. The minimum Gasteiger partial charge on any atom is -0.465 e. The Balaban J connectivity index is 1.43. The number of aliphatic hydroxyl groups is 3. The van der Waals surface area contributed by atoms with Gasteiger partial charge in [0.2, 0.25) is 0 Å². The fourth-order valence-corrected chi connectivity index (χ4v) is 7.35. The number of aliphatic hydroxyl groups excluding tert-OH is 3. The van der Waals surface area contributed by atoms with Crippen LogP contribution in [0.1, 0.15) is 85.5 Å². The lowest BCUT2D eigenvalue weighted by atomic mass is 9.61. The molecule has 4 aliphatic carbocycles. The van der Waals surface area contributed by atoms with Gasteiger partial charge in [-0.3, -0.25) is 4.79 Å². The van der Waals surface area contributed by atoms with Crippen molar-refractivity contribution in [3.05, 3.63) is 47.6 Å². The first-order valence-corrected chi connectivity index (χ1v) is 14.5. The number of carbonyl (C=O) groups excluding carboxylic acids is 1. The molecule has 0 unspecified atom stereocenters. The molecule has 37 heavy (non-hydrogen) atoms. The van der Waals surface area contributed by atoms with Crippen molar-refractivity contribution in [2.45, 2.75) is 104 Å². The van der Waals surface area contributed by atoms with Gasteiger partial charge in [0.25, 0.3) is 0 Å². The van der Waals surface area contributed by atoms with Gasteiger partial charge in [-0.15, -0.1) is 0 Å². The van der Waals surface area contributed by atoms with E-state index in [0.29, 0.717) is 50.0 Å². The molecule has 0 saturated heterocycles. The van der Waals surface area contributed by atoms with E-state index >= 15 is 0 Å². The zero-order valence-electron chi connectivity index (χ0n) is 23.3. The largest absolute Gasteiger partial charge is 0.465 e. The van der Waals surface area contributed by atoms with Crippen LogP contribution in [0.4, 0.5) is 0 Å². The molecular weight excluding hydrogens is 464 g/mol. The van der Waals surface area contributed by atoms with E-state index in [1.54, 1.807) is 0 Å². The molecule has 4 aliphatic rings. The first-order valence-electron chi connectivity index (χ1n) is 14.5. The van der Waals surface area contributed by atoms with Crippen LogP contribution in [-0.2, 0) is 9.53 Å². The number of fused-ring (bicyclic) bond motifs is 1. The van der Waals surface area contributed by atoms with E-state index in [2.05, 4.69) is 38.7 Å². The number of allylic oxidation sites excluding steroid dienone is 4. The Bertz CT molecular complexity index is 954. The highest BCUT2D eigenvalue weighted by Crippen LogP contribution is 2.59. The van der Waals surface area contributed by atoms with Crippen LogP contribution in [0.3, 0.4) is 0 Å². The summed E-state index contributed by atoms with van der Waals surface area (Å²) in [6, 6.07) is 0. The zero-order chi connectivity index (χ0) is 27.0. The van der Waals surface area contributed by atoms with Crippen LogP contribution in [0, 0.1) is 34.5 Å². The number of ether oxygens (including phenoxy) is 1. The molecule has 0 heterocycles. The molecule has 0 aliphatic heterocycles. The Morgan fingerprint density at radius 1 is 1.14 bits per heavy atom. The maximum absolute atomic E-state index is 12.6. The Morgan fingerprint density at radius 3 is 2.54 bits per heavy atom. The van der Waals surface area contributed by atoms with Crippen molar-refractivity contribution in [1.29, 1.82) is 0 Å². The predicted molar refractivity (Wildman–Crippen MR) is 147 cm³/mol. The van der Waals surface area contributed by atoms with Gasteiger partial charge >= 0.3 is 5.97 Å². The lowest BCUT2D eigenvalue weighted by Gasteiger charge is -2.44. The van der Waals surface area contributed by atoms with Gasteiger partial charge in [-0.25, -0.2) is 0 Å². The quantitative estimate of drug-likeness (QED) is 0.289. The second-order valence-electron chi connectivity index (χ2n) is 13.0. The van der Waals surface area contributed by atoms with Crippen LogP contribution in [0.2, 0.25) is 0 Å². The molecule has 4 fully saturated rings. The predicted octanol–water partition coefficient (Wildman–Crippen LogP) is 5.66. The SMILES string of the molecule is C=C1C(=CC=C2CCC[C@]3(C)[C@@H]([C@H](C)C=C[C@@H](O)C4(C(=O)OCC(C)C)CC4)CC[C@@H]23)C[C@@H](O)C[C@@H]1O. The van der Waals surface area contributed by atoms with Crippen molar-refractivity contribution in [2.75, 3.05) is 6.61 Å². The van der Waals surface area contributed by atoms with Gasteiger partial charge in [0.15, 0.2) is 0 Å². The van der Waals surface area contributed by atoms with Gasteiger partial charge in [0, 0.05) is 6.42 Å². The summed E-state index contributed by atoms with van der Waals surface area (Å²) in [5.74, 6) is 1.39. The fraction of sp³-hybridized carbons (Fsp3) is 0.719. The Morgan fingerprint density at radius 2 is 1.86 bits per heavy atom.